The Bertz CT molecular complexity index is 462. The normalized spacial score (nSPS) is 19.9. The second-order valence-corrected chi connectivity index (χ2v) is 3.87. The van der Waals surface area contributed by atoms with Crippen molar-refractivity contribution >= 4 is 29.3 Å². The third-order valence-electron chi connectivity index (χ3n) is 2.31. The molecular formula is C10H9ClN4O. The van der Waals surface area contributed by atoms with Gasteiger partial charge in [0, 0.05) is 24.9 Å². The highest BCUT2D eigenvalue weighted by molar-refractivity contribution is 6.29. The maximum Gasteiger partial charge on any atom is 0.235 e. The fourth-order valence-corrected chi connectivity index (χ4v) is 1.74. The monoisotopic (exact) mass is 236 g/mol. The molecule has 1 aliphatic heterocycles. The van der Waals surface area contributed by atoms with Gasteiger partial charge >= 0.3 is 0 Å². The largest absolute Gasteiger partial charge is 0.383 e. The number of halogens is 1. The lowest BCUT2D eigenvalue weighted by Crippen LogP contribution is -2.26. The Hall–Kier alpha value is -1.80. The summed E-state index contributed by atoms with van der Waals surface area (Å²) in [6.07, 6.45) is 5.59. The highest BCUT2D eigenvalue weighted by Crippen LogP contribution is 2.23. The van der Waals surface area contributed by atoms with Crippen LogP contribution in [0.15, 0.2) is 6.07 Å². The first-order valence-corrected chi connectivity index (χ1v) is 5.04. The summed E-state index contributed by atoms with van der Waals surface area (Å²) in [6.45, 7) is 0.412. The SMILES string of the molecule is C#CC1CC(=O)N(c2nc(N)cc(Cl)n2)C1. The molecule has 1 fully saturated rings. The fourth-order valence-electron chi connectivity index (χ4n) is 1.56. The summed E-state index contributed by atoms with van der Waals surface area (Å²) in [4.78, 5) is 20.9. The second kappa shape index (κ2) is 3.99. The molecule has 82 valence electrons. The predicted molar refractivity (Wildman–Crippen MR) is 60.7 cm³/mol. The summed E-state index contributed by atoms with van der Waals surface area (Å²) in [7, 11) is 0. The van der Waals surface area contributed by atoms with Crippen molar-refractivity contribution in [2.45, 2.75) is 6.42 Å². The Morgan fingerprint density at radius 2 is 2.38 bits per heavy atom. The first kappa shape index (κ1) is 10.7. The molecule has 1 atom stereocenters. The number of rotatable bonds is 1. The maximum absolute atomic E-state index is 11.6. The third kappa shape index (κ3) is 1.92. The quantitative estimate of drug-likeness (QED) is 0.576. The molecule has 0 aromatic carbocycles. The maximum atomic E-state index is 11.6. The van der Waals surface area contributed by atoms with Crippen molar-refractivity contribution in [1.29, 1.82) is 0 Å². The topological polar surface area (TPSA) is 72.1 Å². The molecule has 2 rings (SSSR count). The number of carbonyl (C=O) groups is 1. The standard InChI is InChI=1S/C10H9ClN4O/c1-2-6-3-9(16)15(5-6)10-13-7(11)4-8(12)14-10/h1,4,6H,3,5H2,(H2,12,13,14). The molecule has 0 saturated carbocycles. The number of nitrogens with two attached hydrogens (primary N) is 1. The Morgan fingerprint density at radius 3 is 2.94 bits per heavy atom. The summed E-state index contributed by atoms with van der Waals surface area (Å²) in [5.74, 6) is 2.78. The number of amides is 1. The number of carbonyl (C=O) groups excluding carboxylic acids is 1. The Kier molecular flexibility index (Phi) is 2.67. The highest BCUT2D eigenvalue weighted by Gasteiger charge is 2.31. The zero-order valence-electron chi connectivity index (χ0n) is 8.35. The number of terminal acetylenes is 1. The molecule has 6 heteroatoms. The van der Waals surface area contributed by atoms with Gasteiger partial charge < -0.3 is 5.73 Å². The zero-order valence-corrected chi connectivity index (χ0v) is 9.11. The summed E-state index contributed by atoms with van der Waals surface area (Å²) >= 11 is 5.74. The van der Waals surface area contributed by atoms with Crippen molar-refractivity contribution in [1.82, 2.24) is 9.97 Å². The van der Waals surface area contributed by atoms with Gasteiger partial charge in [-0.15, -0.1) is 12.3 Å². The third-order valence-corrected chi connectivity index (χ3v) is 2.50. The van der Waals surface area contributed by atoms with Crippen molar-refractivity contribution in [3.8, 4) is 12.3 Å². The van der Waals surface area contributed by atoms with E-state index in [0.29, 0.717) is 13.0 Å². The first-order valence-electron chi connectivity index (χ1n) is 4.66. The molecule has 2 heterocycles. The van der Waals surface area contributed by atoms with Gasteiger partial charge in [0.15, 0.2) is 0 Å². The number of nitrogens with zero attached hydrogens (tertiary/aromatic N) is 3. The Morgan fingerprint density at radius 1 is 1.62 bits per heavy atom. The van der Waals surface area contributed by atoms with E-state index in [4.69, 9.17) is 23.8 Å². The van der Waals surface area contributed by atoms with Crippen LogP contribution in [0.4, 0.5) is 11.8 Å². The van der Waals surface area contributed by atoms with Crippen molar-refractivity contribution in [3.63, 3.8) is 0 Å². The molecule has 1 aromatic heterocycles. The average Bonchev–Trinajstić information content (AvgIpc) is 2.58. The summed E-state index contributed by atoms with van der Waals surface area (Å²) < 4.78 is 0. The van der Waals surface area contributed by atoms with E-state index >= 15 is 0 Å². The van der Waals surface area contributed by atoms with E-state index in [0.717, 1.165) is 0 Å². The minimum absolute atomic E-state index is 0.101. The van der Waals surface area contributed by atoms with Gasteiger partial charge in [-0.2, -0.15) is 4.98 Å². The van der Waals surface area contributed by atoms with Crippen LogP contribution in [0.25, 0.3) is 0 Å². The van der Waals surface area contributed by atoms with Crippen LogP contribution in [-0.2, 0) is 4.79 Å². The molecule has 0 radical (unpaired) electrons. The lowest BCUT2D eigenvalue weighted by molar-refractivity contribution is -0.117. The van der Waals surface area contributed by atoms with Crippen LogP contribution in [0.2, 0.25) is 5.15 Å². The van der Waals surface area contributed by atoms with E-state index in [1.165, 1.54) is 11.0 Å². The van der Waals surface area contributed by atoms with Crippen LogP contribution in [0.1, 0.15) is 6.42 Å². The van der Waals surface area contributed by atoms with Gasteiger partial charge in [0.05, 0.1) is 0 Å². The number of anilines is 2. The van der Waals surface area contributed by atoms with E-state index in [1.807, 2.05) is 0 Å². The van der Waals surface area contributed by atoms with Crippen molar-refractivity contribution in [2.24, 2.45) is 5.92 Å². The van der Waals surface area contributed by atoms with Gasteiger partial charge in [0.2, 0.25) is 11.9 Å². The van der Waals surface area contributed by atoms with Crippen LogP contribution in [0, 0.1) is 18.3 Å². The van der Waals surface area contributed by atoms with Crippen LogP contribution in [0.5, 0.6) is 0 Å². The molecule has 1 aromatic rings. The Balaban J connectivity index is 2.32. The van der Waals surface area contributed by atoms with Gasteiger partial charge in [-0.1, -0.05) is 11.6 Å². The van der Waals surface area contributed by atoms with E-state index in [-0.39, 0.29) is 28.7 Å². The lowest BCUT2D eigenvalue weighted by Gasteiger charge is -2.13. The first-order chi connectivity index (χ1) is 7.60. The van der Waals surface area contributed by atoms with Crippen LogP contribution >= 0.6 is 11.6 Å². The minimum atomic E-state index is -0.107. The fraction of sp³-hybridized carbons (Fsp3) is 0.300. The molecule has 0 bridgehead atoms. The van der Waals surface area contributed by atoms with Gasteiger partial charge in [-0.3, -0.25) is 9.69 Å². The number of aromatic nitrogens is 2. The van der Waals surface area contributed by atoms with Crippen molar-refractivity contribution in [2.75, 3.05) is 17.2 Å². The molecular weight excluding hydrogens is 228 g/mol. The van der Waals surface area contributed by atoms with Crippen molar-refractivity contribution < 1.29 is 4.79 Å². The van der Waals surface area contributed by atoms with Gasteiger partial charge in [0.1, 0.15) is 11.0 Å². The van der Waals surface area contributed by atoms with Crippen LogP contribution in [0.3, 0.4) is 0 Å². The predicted octanol–water partition coefficient (Wildman–Crippen LogP) is 0.698. The van der Waals surface area contributed by atoms with E-state index < -0.39 is 0 Å². The number of hydrogen-bond acceptors (Lipinski definition) is 4. The number of hydrogen-bond donors (Lipinski definition) is 1. The summed E-state index contributed by atoms with van der Waals surface area (Å²) in [5, 5.41) is 0.208. The van der Waals surface area contributed by atoms with E-state index in [2.05, 4.69) is 15.9 Å². The lowest BCUT2D eigenvalue weighted by atomic mass is 10.1. The van der Waals surface area contributed by atoms with Crippen molar-refractivity contribution in [3.05, 3.63) is 11.2 Å². The number of nitrogen functional groups attached to an aromatic ring is 1. The van der Waals surface area contributed by atoms with Gasteiger partial charge in [-0.25, -0.2) is 4.98 Å². The average molecular weight is 237 g/mol. The van der Waals surface area contributed by atoms with Crippen LogP contribution < -0.4 is 10.6 Å². The van der Waals surface area contributed by atoms with Crippen LogP contribution in [-0.4, -0.2) is 22.4 Å². The van der Waals surface area contributed by atoms with Gasteiger partial charge in [-0.05, 0) is 0 Å². The zero-order chi connectivity index (χ0) is 11.7. The Labute approximate surface area is 97.6 Å². The molecule has 5 nitrogen and oxygen atoms in total. The molecule has 2 N–H and O–H groups in total. The van der Waals surface area contributed by atoms with E-state index in [9.17, 15) is 4.79 Å². The molecule has 16 heavy (non-hydrogen) atoms. The second-order valence-electron chi connectivity index (χ2n) is 3.49. The smallest absolute Gasteiger partial charge is 0.235 e. The molecule has 1 unspecified atom stereocenters. The highest BCUT2D eigenvalue weighted by atomic mass is 35.5. The molecule has 1 aliphatic rings. The summed E-state index contributed by atoms with van der Waals surface area (Å²) in [5.41, 5.74) is 5.53. The molecule has 0 spiro atoms. The summed E-state index contributed by atoms with van der Waals surface area (Å²) in [6, 6.07) is 1.42. The van der Waals surface area contributed by atoms with Gasteiger partial charge in [0.25, 0.3) is 0 Å². The molecule has 0 aliphatic carbocycles. The van der Waals surface area contributed by atoms with E-state index in [1.54, 1.807) is 0 Å². The minimum Gasteiger partial charge on any atom is -0.383 e. The molecule has 1 amide bonds. The molecule has 1 saturated heterocycles.